The fourth-order valence-corrected chi connectivity index (χ4v) is 2.33. The molecule has 0 saturated carbocycles. The van der Waals surface area contributed by atoms with Gasteiger partial charge < -0.3 is 15.2 Å². The van der Waals surface area contributed by atoms with E-state index in [1.54, 1.807) is 7.11 Å². The Labute approximate surface area is 96.5 Å². The molecule has 1 saturated heterocycles. The van der Waals surface area contributed by atoms with Crippen LogP contribution in [-0.4, -0.2) is 20.3 Å². The first kappa shape index (κ1) is 11.4. The number of ether oxygens (including phenoxy) is 2. The van der Waals surface area contributed by atoms with E-state index in [9.17, 15) is 0 Å². The molecule has 0 aromatic heterocycles. The lowest BCUT2D eigenvalue weighted by Crippen LogP contribution is -2.42. The van der Waals surface area contributed by atoms with Gasteiger partial charge in [0.15, 0.2) is 0 Å². The minimum atomic E-state index is -0.228. The van der Waals surface area contributed by atoms with Crippen LogP contribution in [0.15, 0.2) is 18.2 Å². The second-order valence-corrected chi connectivity index (χ2v) is 4.45. The van der Waals surface area contributed by atoms with Gasteiger partial charge in [0.1, 0.15) is 5.75 Å². The maximum Gasteiger partial charge on any atom is 0.119 e. The molecular weight excluding hydrogens is 202 g/mol. The molecule has 1 aromatic carbocycles. The molecule has 1 heterocycles. The molecule has 1 fully saturated rings. The normalized spacial score (nSPS) is 19.4. The molecule has 3 nitrogen and oxygen atoms in total. The third kappa shape index (κ3) is 2.06. The van der Waals surface area contributed by atoms with Crippen LogP contribution in [-0.2, 0) is 10.3 Å². The van der Waals surface area contributed by atoms with Gasteiger partial charge in [0, 0.05) is 18.8 Å². The van der Waals surface area contributed by atoms with E-state index in [1.807, 2.05) is 12.1 Å². The van der Waals surface area contributed by atoms with Crippen LogP contribution < -0.4 is 10.5 Å². The van der Waals surface area contributed by atoms with Gasteiger partial charge in [-0.1, -0.05) is 6.07 Å². The van der Waals surface area contributed by atoms with E-state index in [1.165, 1.54) is 11.1 Å². The number of benzene rings is 1. The second-order valence-electron chi connectivity index (χ2n) is 4.45. The Bertz CT molecular complexity index is 370. The Hall–Kier alpha value is -1.06. The first-order valence-corrected chi connectivity index (χ1v) is 5.67. The number of hydrogen-bond acceptors (Lipinski definition) is 3. The van der Waals surface area contributed by atoms with E-state index in [-0.39, 0.29) is 5.54 Å². The van der Waals surface area contributed by atoms with Gasteiger partial charge in [0.2, 0.25) is 0 Å². The summed E-state index contributed by atoms with van der Waals surface area (Å²) in [6, 6.07) is 6.10. The highest BCUT2D eigenvalue weighted by atomic mass is 16.5. The van der Waals surface area contributed by atoms with Crippen LogP contribution in [0.1, 0.15) is 24.0 Å². The zero-order valence-corrected chi connectivity index (χ0v) is 9.95. The van der Waals surface area contributed by atoms with Crippen molar-refractivity contribution >= 4 is 0 Å². The summed E-state index contributed by atoms with van der Waals surface area (Å²) in [5.41, 5.74) is 8.64. The molecule has 0 radical (unpaired) electrons. The van der Waals surface area contributed by atoms with E-state index >= 15 is 0 Å². The van der Waals surface area contributed by atoms with E-state index in [4.69, 9.17) is 15.2 Å². The average Bonchev–Trinajstić information content (AvgIpc) is 2.29. The van der Waals surface area contributed by atoms with Crippen molar-refractivity contribution in [3.8, 4) is 5.75 Å². The average molecular weight is 221 g/mol. The summed E-state index contributed by atoms with van der Waals surface area (Å²) in [5, 5.41) is 0. The van der Waals surface area contributed by atoms with Crippen LogP contribution in [0.4, 0.5) is 0 Å². The van der Waals surface area contributed by atoms with Crippen molar-refractivity contribution in [3.05, 3.63) is 29.3 Å². The molecule has 16 heavy (non-hydrogen) atoms. The highest BCUT2D eigenvalue weighted by molar-refractivity contribution is 5.39. The monoisotopic (exact) mass is 221 g/mol. The summed E-state index contributed by atoms with van der Waals surface area (Å²) in [4.78, 5) is 0. The number of rotatable bonds is 2. The summed E-state index contributed by atoms with van der Waals surface area (Å²) >= 11 is 0. The highest BCUT2D eigenvalue weighted by Crippen LogP contribution is 2.32. The molecule has 1 aromatic rings. The smallest absolute Gasteiger partial charge is 0.119 e. The predicted molar refractivity (Wildman–Crippen MR) is 63.6 cm³/mol. The van der Waals surface area contributed by atoms with Gasteiger partial charge in [-0.05, 0) is 43.0 Å². The zero-order valence-electron chi connectivity index (χ0n) is 9.95. The van der Waals surface area contributed by atoms with Gasteiger partial charge in [0.25, 0.3) is 0 Å². The van der Waals surface area contributed by atoms with Crippen LogP contribution in [0.5, 0.6) is 5.75 Å². The van der Waals surface area contributed by atoms with E-state index < -0.39 is 0 Å². The van der Waals surface area contributed by atoms with E-state index in [0.717, 1.165) is 31.8 Å². The molecule has 0 spiro atoms. The minimum Gasteiger partial charge on any atom is -0.497 e. The summed E-state index contributed by atoms with van der Waals surface area (Å²) in [7, 11) is 1.68. The largest absolute Gasteiger partial charge is 0.497 e. The lowest BCUT2D eigenvalue weighted by molar-refractivity contribution is 0.0520. The van der Waals surface area contributed by atoms with Crippen molar-refractivity contribution < 1.29 is 9.47 Å². The van der Waals surface area contributed by atoms with Crippen molar-refractivity contribution in [2.45, 2.75) is 25.3 Å². The fraction of sp³-hybridized carbons (Fsp3) is 0.538. The topological polar surface area (TPSA) is 44.5 Å². The van der Waals surface area contributed by atoms with Crippen LogP contribution >= 0.6 is 0 Å². The standard InChI is InChI=1S/C13H19NO2/c1-10-9-11(15-2)3-4-12(10)13(14)5-7-16-8-6-13/h3-4,9H,5-8,14H2,1-2H3. The zero-order chi connectivity index (χ0) is 11.6. The Morgan fingerprint density at radius 2 is 2.00 bits per heavy atom. The van der Waals surface area contributed by atoms with Gasteiger partial charge >= 0.3 is 0 Å². The molecule has 88 valence electrons. The molecule has 0 aliphatic carbocycles. The molecule has 3 heteroatoms. The summed E-state index contributed by atoms with van der Waals surface area (Å²) < 4.78 is 10.6. The molecular formula is C13H19NO2. The Kier molecular flexibility index (Phi) is 3.17. The second kappa shape index (κ2) is 4.44. The molecule has 1 aliphatic heterocycles. The maximum atomic E-state index is 6.45. The molecule has 0 bridgehead atoms. The lowest BCUT2D eigenvalue weighted by Gasteiger charge is -2.35. The van der Waals surface area contributed by atoms with Crippen molar-refractivity contribution in [2.24, 2.45) is 5.73 Å². The molecule has 1 aliphatic rings. The number of aryl methyl sites for hydroxylation is 1. The van der Waals surface area contributed by atoms with Gasteiger partial charge in [-0.15, -0.1) is 0 Å². The number of methoxy groups -OCH3 is 1. The first-order valence-electron chi connectivity index (χ1n) is 5.67. The molecule has 0 unspecified atom stereocenters. The van der Waals surface area contributed by atoms with Crippen molar-refractivity contribution in [3.63, 3.8) is 0 Å². The SMILES string of the molecule is COc1ccc(C2(N)CCOCC2)c(C)c1. The van der Waals surface area contributed by atoms with E-state index in [2.05, 4.69) is 13.0 Å². The van der Waals surface area contributed by atoms with E-state index in [0.29, 0.717) is 0 Å². The third-order valence-corrected chi connectivity index (χ3v) is 3.36. The number of nitrogens with two attached hydrogens (primary N) is 1. The lowest BCUT2D eigenvalue weighted by atomic mass is 9.81. The van der Waals surface area contributed by atoms with Crippen molar-refractivity contribution in [1.82, 2.24) is 0 Å². The summed E-state index contributed by atoms with van der Waals surface area (Å²) in [6.07, 6.45) is 1.78. The third-order valence-electron chi connectivity index (χ3n) is 3.36. The van der Waals surface area contributed by atoms with Crippen LogP contribution in [0.3, 0.4) is 0 Å². The molecule has 0 atom stereocenters. The van der Waals surface area contributed by atoms with Gasteiger partial charge in [0.05, 0.1) is 7.11 Å². The molecule has 2 rings (SSSR count). The Morgan fingerprint density at radius 1 is 1.31 bits per heavy atom. The summed E-state index contributed by atoms with van der Waals surface area (Å²) in [5.74, 6) is 0.886. The van der Waals surface area contributed by atoms with Crippen molar-refractivity contribution in [1.29, 1.82) is 0 Å². The van der Waals surface area contributed by atoms with Gasteiger partial charge in [-0.25, -0.2) is 0 Å². The first-order chi connectivity index (χ1) is 7.65. The summed E-state index contributed by atoms with van der Waals surface area (Å²) in [6.45, 7) is 3.59. The van der Waals surface area contributed by atoms with Gasteiger partial charge in [-0.3, -0.25) is 0 Å². The molecule has 0 amide bonds. The quantitative estimate of drug-likeness (QED) is 0.830. The highest BCUT2D eigenvalue weighted by Gasteiger charge is 2.31. The van der Waals surface area contributed by atoms with Crippen molar-refractivity contribution in [2.75, 3.05) is 20.3 Å². The maximum absolute atomic E-state index is 6.45. The van der Waals surface area contributed by atoms with Gasteiger partial charge in [-0.2, -0.15) is 0 Å². The Morgan fingerprint density at radius 3 is 2.56 bits per heavy atom. The molecule has 2 N–H and O–H groups in total. The number of hydrogen-bond donors (Lipinski definition) is 1. The van der Waals surface area contributed by atoms with Crippen LogP contribution in [0, 0.1) is 6.92 Å². The minimum absolute atomic E-state index is 0.228. The van der Waals surface area contributed by atoms with Crippen LogP contribution in [0.2, 0.25) is 0 Å². The fourth-order valence-electron chi connectivity index (χ4n) is 2.33. The predicted octanol–water partition coefficient (Wildman–Crippen LogP) is 1.97. The van der Waals surface area contributed by atoms with Crippen LogP contribution in [0.25, 0.3) is 0 Å². The Balaban J connectivity index is 2.32.